The van der Waals surface area contributed by atoms with Gasteiger partial charge in [0.05, 0.1) is 11.4 Å². The van der Waals surface area contributed by atoms with Crippen LogP contribution >= 0.6 is 12.2 Å². The van der Waals surface area contributed by atoms with Gasteiger partial charge in [0.25, 0.3) is 0 Å². The van der Waals surface area contributed by atoms with Crippen LogP contribution in [0.5, 0.6) is 0 Å². The molecule has 0 amide bonds. The lowest BCUT2D eigenvalue weighted by Crippen LogP contribution is -2.06. The molecule has 0 bridgehead atoms. The first kappa shape index (κ1) is 15.0. The van der Waals surface area contributed by atoms with Crippen LogP contribution in [0.4, 0.5) is 0 Å². The molecule has 108 valence electrons. The van der Waals surface area contributed by atoms with Gasteiger partial charge >= 0.3 is 0 Å². The highest BCUT2D eigenvalue weighted by Gasteiger charge is 2.10. The quantitative estimate of drug-likeness (QED) is 0.883. The van der Waals surface area contributed by atoms with E-state index < -0.39 is 9.84 Å². The maximum Gasteiger partial charge on any atom is 0.177 e. The Morgan fingerprint density at radius 1 is 1.25 bits per heavy atom. The molecule has 0 aliphatic rings. The molecule has 0 spiro atoms. The minimum atomic E-state index is -3.14. The molecule has 2 aromatic rings. The summed E-state index contributed by atoms with van der Waals surface area (Å²) >= 11 is 5.29. The molecule has 0 radical (unpaired) electrons. The molecule has 2 rings (SSSR count). The van der Waals surface area contributed by atoms with Crippen molar-refractivity contribution in [3.8, 4) is 0 Å². The van der Waals surface area contributed by atoms with Gasteiger partial charge in [0.2, 0.25) is 0 Å². The summed E-state index contributed by atoms with van der Waals surface area (Å²) in [7, 11) is -3.14. The van der Waals surface area contributed by atoms with E-state index in [1.54, 1.807) is 12.1 Å². The molecular weight excluding hydrogens is 292 g/mol. The molecule has 0 aliphatic carbocycles. The van der Waals surface area contributed by atoms with Gasteiger partial charge in [-0.2, -0.15) is 0 Å². The molecule has 0 aliphatic heterocycles. The molecule has 1 heterocycles. The number of rotatable bonds is 4. The van der Waals surface area contributed by atoms with Gasteiger partial charge in [0.15, 0.2) is 14.6 Å². The van der Waals surface area contributed by atoms with Gasteiger partial charge in [-0.15, -0.1) is 0 Å². The van der Waals surface area contributed by atoms with E-state index >= 15 is 0 Å². The van der Waals surface area contributed by atoms with Gasteiger partial charge < -0.3 is 9.55 Å². The summed E-state index contributed by atoms with van der Waals surface area (Å²) in [6.07, 6.45) is 3.14. The van der Waals surface area contributed by atoms with Crippen molar-refractivity contribution in [2.75, 3.05) is 6.26 Å². The minimum absolute atomic E-state index is 0.336. The number of aromatic nitrogens is 2. The van der Waals surface area contributed by atoms with Gasteiger partial charge in [-0.1, -0.05) is 26.0 Å². The second kappa shape index (κ2) is 5.54. The van der Waals surface area contributed by atoms with Crippen molar-refractivity contribution in [3.05, 3.63) is 46.5 Å². The summed E-state index contributed by atoms with van der Waals surface area (Å²) in [6, 6.07) is 6.93. The van der Waals surface area contributed by atoms with E-state index in [2.05, 4.69) is 18.8 Å². The van der Waals surface area contributed by atoms with Crippen LogP contribution in [-0.4, -0.2) is 24.2 Å². The van der Waals surface area contributed by atoms with Crippen molar-refractivity contribution in [3.63, 3.8) is 0 Å². The normalized spacial score (nSPS) is 12.0. The molecular formula is C14H18N2O2S2. The Morgan fingerprint density at radius 2 is 1.85 bits per heavy atom. The summed E-state index contributed by atoms with van der Waals surface area (Å²) in [5.41, 5.74) is 2.16. The van der Waals surface area contributed by atoms with E-state index in [0.29, 0.717) is 22.1 Å². The Kier molecular flexibility index (Phi) is 4.15. The molecule has 0 unspecified atom stereocenters. The van der Waals surface area contributed by atoms with Crippen LogP contribution in [0, 0.1) is 4.77 Å². The van der Waals surface area contributed by atoms with Crippen LogP contribution in [0.25, 0.3) is 0 Å². The van der Waals surface area contributed by atoms with E-state index in [9.17, 15) is 8.42 Å². The molecule has 0 saturated carbocycles. The highest BCUT2D eigenvalue weighted by molar-refractivity contribution is 7.90. The lowest BCUT2D eigenvalue weighted by molar-refractivity contribution is 0.602. The Balaban J connectivity index is 2.32. The second-order valence-electron chi connectivity index (χ2n) is 5.18. The van der Waals surface area contributed by atoms with E-state index in [1.807, 2.05) is 22.9 Å². The molecule has 1 aromatic carbocycles. The zero-order chi connectivity index (χ0) is 14.9. The maximum atomic E-state index is 11.4. The Hall–Kier alpha value is -1.40. The van der Waals surface area contributed by atoms with Crippen LogP contribution in [0.2, 0.25) is 0 Å². The third kappa shape index (κ3) is 3.19. The number of nitrogens with one attached hydrogen (secondary N) is 1. The largest absolute Gasteiger partial charge is 0.337 e. The van der Waals surface area contributed by atoms with E-state index in [-0.39, 0.29) is 0 Å². The maximum absolute atomic E-state index is 11.4. The number of sulfone groups is 1. The molecule has 6 heteroatoms. The number of hydrogen-bond acceptors (Lipinski definition) is 3. The standard InChI is InChI=1S/C14H18N2O2S2/c1-10(2)13-8-15-14(19)16(13)9-11-4-6-12(7-5-11)20(3,17)18/h4-8,10H,9H2,1-3H3,(H,15,19). The van der Waals surface area contributed by atoms with Crippen LogP contribution in [0.15, 0.2) is 35.4 Å². The predicted molar refractivity (Wildman–Crippen MR) is 82.4 cm³/mol. The van der Waals surface area contributed by atoms with Crippen molar-refractivity contribution >= 4 is 22.1 Å². The Morgan fingerprint density at radius 3 is 2.35 bits per heavy atom. The topological polar surface area (TPSA) is 54.9 Å². The van der Waals surface area contributed by atoms with Crippen molar-refractivity contribution in [1.82, 2.24) is 9.55 Å². The third-order valence-corrected chi connectivity index (χ3v) is 4.65. The molecule has 0 saturated heterocycles. The summed E-state index contributed by atoms with van der Waals surface area (Å²) in [6.45, 7) is 4.86. The van der Waals surface area contributed by atoms with Crippen LogP contribution in [0.3, 0.4) is 0 Å². The van der Waals surface area contributed by atoms with Crippen LogP contribution in [-0.2, 0) is 16.4 Å². The number of H-pyrrole nitrogens is 1. The molecule has 4 nitrogen and oxygen atoms in total. The fourth-order valence-corrected chi connectivity index (χ4v) is 2.93. The first-order valence-electron chi connectivity index (χ1n) is 6.36. The first-order chi connectivity index (χ1) is 9.29. The summed E-state index contributed by atoms with van der Waals surface area (Å²) in [5, 5.41) is 0. The molecule has 1 aromatic heterocycles. The van der Waals surface area contributed by atoms with Gasteiger partial charge in [-0.25, -0.2) is 8.42 Å². The van der Waals surface area contributed by atoms with Crippen molar-refractivity contribution in [2.45, 2.75) is 31.2 Å². The highest BCUT2D eigenvalue weighted by Crippen LogP contribution is 2.17. The number of imidazole rings is 1. The predicted octanol–water partition coefficient (Wildman–Crippen LogP) is 3.12. The lowest BCUT2D eigenvalue weighted by atomic mass is 10.1. The van der Waals surface area contributed by atoms with Gasteiger partial charge in [-0.3, -0.25) is 0 Å². The van der Waals surface area contributed by atoms with Crippen molar-refractivity contribution < 1.29 is 8.42 Å². The van der Waals surface area contributed by atoms with Crippen molar-refractivity contribution in [1.29, 1.82) is 0 Å². The minimum Gasteiger partial charge on any atom is -0.337 e. The fourth-order valence-electron chi connectivity index (χ4n) is 2.07. The Labute approximate surface area is 124 Å². The van der Waals surface area contributed by atoms with Gasteiger partial charge in [0.1, 0.15) is 0 Å². The zero-order valence-corrected chi connectivity index (χ0v) is 13.4. The first-order valence-corrected chi connectivity index (χ1v) is 8.66. The smallest absolute Gasteiger partial charge is 0.177 e. The van der Waals surface area contributed by atoms with E-state index in [4.69, 9.17) is 12.2 Å². The van der Waals surface area contributed by atoms with Crippen LogP contribution in [0.1, 0.15) is 31.0 Å². The fraction of sp³-hybridized carbons (Fsp3) is 0.357. The van der Waals surface area contributed by atoms with Gasteiger partial charge in [0, 0.05) is 18.1 Å². The zero-order valence-electron chi connectivity index (χ0n) is 11.8. The number of nitrogens with zero attached hydrogens (tertiary/aromatic N) is 1. The number of hydrogen-bond donors (Lipinski definition) is 1. The Bertz CT molecular complexity index is 753. The lowest BCUT2D eigenvalue weighted by Gasteiger charge is -2.11. The van der Waals surface area contributed by atoms with Crippen LogP contribution < -0.4 is 0 Å². The average molecular weight is 310 g/mol. The monoisotopic (exact) mass is 310 g/mol. The summed E-state index contributed by atoms with van der Waals surface area (Å²) < 4.78 is 25.6. The van der Waals surface area contributed by atoms with E-state index in [0.717, 1.165) is 11.3 Å². The highest BCUT2D eigenvalue weighted by atomic mass is 32.2. The summed E-state index contributed by atoms with van der Waals surface area (Å²) in [5.74, 6) is 0.373. The second-order valence-corrected chi connectivity index (χ2v) is 7.58. The molecule has 20 heavy (non-hydrogen) atoms. The van der Waals surface area contributed by atoms with Gasteiger partial charge in [-0.05, 0) is 35.8 Å². The molecule has 1 N–H and O–H groups in total. The van der Waals surface area contributed by atoms with E-state index in [1.165, 1.54) is 6.26 Å². The summed E-state index contributed by atoms with van der Waals surface area (Å²) in [4.78, 5) is 3.39. The molecule has 0 fully saturated rings. The molecule has 0 atom stereocenters. The number of benzene rings is 1. The third-order valence-electron chi connectivity index (χ3n) is 3.18. The van der Waals surface area contributed by atoms with Crippen molar-refractivity contribution in [2.24, 2.45) is 0 Å². The number of aromatic amines is 1. The average Bonchev–Trinajstić information content (AvgIpc) is 2.71. The SMILES string of the molecule is CC(C)c1c[nH]c(=S)n1Cc1ccc(S(C)(=O)=O)cc1.